The molecule has 0 aliphatic heterocycles. The van der Waals surface area contributed by atoms with Gasteiger partial charge in [-0.2, -0.15) is 5.26 Å². The molecule has 0 amide bonds. The number of aliphatic imine (C=N–C) groups is 1. The number of nitrogens with zero attached hydrogens (tertiary/aromatic N) is 2. The Labute approximate surface area is 106 Å². The van der Waals surface area contributed by atoms with Crippen molar-refractivity contribution >= 4 is 12.2 Å². The molecule has 0 N–H and O–H groups in total. The predicted molar refractivity (Wildman–Crippen MR) is 65.8 cm³/mol. The zero-order valence-corrected chi connectivity index (χ0v) is 10.5. The molecule has 0 spiro atoms. The molecule has 1 unspecified atom stereocenters. The maximum atomic E-state index is 11.5. The van der Waals surface area contributed by atoms with Gasteiger partial charge >= 0.3 is 5.97 Å². The van der Waals surface area contributed by atoms with E-state index in [-0.39, 0.29) is 5.92 Å². The molecule has 1 aromatic heterocycles. The van der Waals surface area contributed by atoms with Crippen LogP contribution in [0.3, 0.4) is 0 Å². The van der Waals surface area contributed by atoms with Gasteiger partial charge in [-0.05, 0) is 18.1 Å². The van der Waals surface area contributed by atoms with Crippen molar-refractivity contribution in [2.75, 3.05) is 6.61 Å². The molecule has 1 heterocycles. The third-order valence-electron chi connectivity index (χ3n) is 2.03. The fourth-order valence-electron chi connectivity index (χ4n) is 1.14. The lowest BCUT2D eigenvalue weighted by molar-refractivity contribution is -0.145. The lowest BCUT2D eigenvalue weighted by Gasteiger charge is -2.07. The minimum atomic E-state index is -0.960. The van der Waals surface area contributed by atoms with Crippen LogP contribution in [0.15, 0.2) is 27.8 Å². The van der Waals surface area contributed by atoms with Gasteiger partial charge in [-0.1, -0.05) is 13.8 Å². The Balaban J connectivity index is 2.44. The van der Waals surface area contributed by atoms with Crippen molar-refractivity contribution < 1.29 is 13.9 Å². The van der Waals surface area contributed by atoms with Crippen LogP contribution in [0.2, 0.25) is 0 Å². The van der Waals surface area contributed by atoms with E-state index in [1.165, 1.54) is 6.21 Å². The number of esters is 1. The van der Waals surface area contributed by atoms with E-state index in [1.807, 2.05) is 19.9 Å². The van der Waals surface area contributed by atoms with E-state index in [9.17, 15) is 4.79 Å². The number of hydrogen-bond acceptors (Lipinski definition) is 5. The summed E-state index contributed by atoms with van der Waals surface area (Å²) in [6.07, 6.45) is 2.84. The first-order valence-electron chi connectivity index (χ1n) is 5.72. The van der Waals surface area contributed by atoms with Crippen molar-refractivity contribution in [3.05, 3.63) is 24.2 Å². The van der Waals surface area contributed by atoms with Gasteiger partial charge in [-0.25, -0.2) is 0 Å². The Hall–Kier alpha value is -2.09. The van der Waals surface area contributed by atoms with Gasteiger partial charge in [0.1, 0.15) is 5.76 Å². The maximum Gasteiger partial charge on any atom is 0.328 e. The van der Waals surface area contributed by atoms with Crippen molar-refractivity contribution in [2.45, 2.75) is 20.4 Å². The number of nitriles is 1. The van der Waals surface area contributed by atoms with E-state index < -0.39 is 11.9 Å². The lowest BCUT2D eigenvalue weighted by Crippen LogP contribution is -2.19. The summed E-state index contributed by atoms with van der Waals surface area (Å²) in [5, 5.41) is 8.85. The molecular formula is C13H16N2O3. The Morgan fingerprint density at radius 1 is 1.67 bits per heavy atom. The van der Waals surface area contributed by atoms with Crippen molar-refractivity contribution in [2.24, 2.45) is 16.8 Å². The molecule has 0 saturated carbocycles. The van der Waals surface area contributed by atoms with Gasteiger partial charge in [0.15, 0.2) is 5.92 Å². The second kappa shape index (κ2) is 7.28. The van der Waals surface area contributed by atoms with Crippen LogP contribution >= 0.6 is 0 Å². The number of carbonyl (C=O) groups excluding carboxylic acids is 1. The highest BCUT2D eigenvalue weighted by Crippen LogP contribution is 2.03. The van der Waals surface area contributed by atoms with E-state index in [4.69, 9.17) is 14.4 Å². The molecule has 0 aliphatic rings. The normalized spacial score (nSPS) is 12.6. The highest BCUT2D eigenvalue weighted by atomic mass is 16.5. The summed E-state index contributed by atoms with van der Waals surface area (Å²) in [6, 6.07) is 5.38. The number of ether oxygens (including phenoxy) is 1. The van der Waals surface area contributed by atoms with E-state index in [0.29, 0.717) is 18.9 Å². The van der Waals surface area contributed by atoms with Crippen molar-refractivity contribution in [1.29, 1.82) is 5.26 Å². The third kappa shape index (κ3) is 4.83. The molecule has 0 fully saturated rings. The second-order valence-corrected chi connectivity index (χ2v) is 4.20. The van der Waals surface area contributed by atoms with Crippen LogP contribution in [0.4, 0.5) is 0 Å². The summed E-state index contributed by atoms with van der Waals surface area (Å²) >= 11 is 0. The smallest absolute Gasteiger partial charge is 0.328 e. The van der Waals surface area contributed by atoms with Crippen LogP contribution in [0.5, 0.6) is 0 Å². The van der Waals surface area contributed by atoms with Crippen molar-refractivity contribution in [3.63, 3.8) is 0 Å². The van der Waals surface area contributed by atoms with Crippen LogP contribution in [-0.2, 0) is 16.1 Å². The van der Waals surface area contributed by atoms with Crippen LogP contribution in [0.1, 0.15) is 19.6 Å². The molecule has 5 nitrogen and oxygen atoms in total. The summed E-state index contributed by atoms with van der Waals surface area (Å²) < 4.78 is 10.0. The Morgan fingerprint density at radius 3 is 3.00 bits per heavy atom. The number of carbonyl (C=O) groups is 1. The molecule has 0 aromatic carbocycles. The maximum absolute atomic E-state index is 11.5. The first-order valence-corrected chi connectivity index (χ1v) is 5.72. The number of furan rings is 1. The highest BCUT2D eigenvalue weighted by molar-refractivity contribution is 5.92. The Morgan fingerprint density at radius 2 is 2.44 bits per heavy atom. The number of hydrogen-bond donors (Lipinski definition) is 0. The fourth-order valence-corrected chi connectivity index (χ4v) is 1.14. The molecule has 18 heavy (non-hydrogen) atoms. The van der Waals surface area contributed by atoms with Gasteiger partial charge in [0.25, 0.3) is 0 Å². The largest absolute Gasteiger partial charge is 0.467 e. The minimum Gasteiger partial charge on any atom is -0.467 e. The minimum absolute atomic E-state index is 0.244. The Kier molecular flexibility index (Phi) is 5.65. The zero-order valence-electron chi connectivity index (χ0n) is 10.5. The molecule has 1 aromatic rings. The topological polar surface area (TPSA) is 75.6 Å². The number of rotatable bonds is 6. The first kappa shape index (κ1) is 14.0. The molecule has 0 bridgehead atoms. The van der Waals surface area contributed by atoms with Crippen molar-refractivity contribution in [3.8, 4) is 6.07 Å². The fraction of sp³-hybridized carbons (Fsp3) is 0.462. The standard InChI is InChI=1S/C13H16N2O3/c1-10(2)9-18-13(16)11(6-14)7-15-8-12-4-3-5-17-12/h3-5,7,10-11H,8-9H2,1-2H3. The van der Waals surface area contributed by atoms with E-state index in [1.54, 1.807) is 18.4 Å². The van der Waals surface area contributed by atoms with Crippen molar-refractivity contribution in [1.82, 2.24) is 0 Å². The van der Waals surface area contributed by atoms with Gasteiger partial charge in [0, 0.05) is 6.21 Å². The van der Waals surface area contributed by atoms with Gasteiger partial charge in [-0.3, -0.25) is 9.79 Å². The third-order valence-corrected chi connectivity index (χ3v) is 2.03. The average molecular weight is 248 g/mol. The zero-order chi connectivity index (χ0) is 13.4. The van der Waals surface area contributed by atoms with Crippen LogP contribution in [-0.4, -0.2) is 18.8 Å². The molecule has 0 saturated heterocycles. The summed E-state index contributed by atoms with van der Waals surface area (Å²) in [6.45, 7) is 4.48. The van der Waals surface area contributed by atoms with E-state index in [2.05, 4.69) is 4.99 Å². The van der Waals surface area contributed by atoms with Crippen LogP contribution in [0, 0.1) is 23.2 Å². The average Bonchev–Trinajstić information content (AvgIpc) is 2.84. The van der Waals surface area contributed by atoms with Gasteiger partial charge < -0.3 is 9.15 Å². The first-order chi connectivity index (χ1) is 8.63. The summed E-state index contributed by atoms with van der Waals surface area (Å²) in [7, 11) is 0. The van der Waals surface area contributed by atoms with Crippen LogP contribution < -0.4 is 0 Å². The molecule has 1 atom stereocenters. The lowest BCUT2D eigenvalue weighted by atomic mass is 10.2. The van der Waals surface area contributed by atoms with E-state index in [0.717, 1.165) is 0 Å². The predicted octanol–water partition coefficient (Wildman–Crippen LogP) is 2.19. The monoisotopic (exact) mass is 248 g/mol. The SMILES string of the molecule is CC(C)COC(=O)C(C#N)C=NCc1ccco1. The molecule has 1 rings (SSSR count). The highest BCUT2D eigenvalue weighted by Gasteiger charge is 2.17. The summed E-state index contributed by atoms with van der Waals surface area (Å²) in [5.41, 5.74) is 0. The summed E-state index contributed by atoms with van der Waals surface area (Å²) in [5.74, 6) is -0.597. The van der Waals surface area contributed by atoms with Gasteiger partial charge in [0.2, 0.25) is 0 Å². The molecule has 0 radical (unpaired) electrons. The van der Waals surface area contributed by atoms with E-state index >= 15 is 0 Å². The summed E-state index contributed by atoms with van der Waals surface area (Å²) in [4.78, 5) is 15.5. The molecule has 96 valence electrons. The molecule has 5 heteroatoms. The van der Waals surface area contributed by atoms with Crippen LogP contribution in [0.25, 0.3) is 0 Å². The second-order valence-electron chi connectivity index (χ2n) is 4.20. The molecule has 0 aliphatic carbocycles. The van der Waals surface area contributed by atoms with Gasteiger partial charge in [0.05, 0.1) is 25.5 Å². The molecular weight excluding hydrogens is 232 g/mol. The Bertz CT molecular complexity index is 430. The van der Waals surface area contributed by atoms with Gasteiger partial charge in [-0.15, -0.1) is 0 Å². The quantitative estimate of drug-likeness (QED) is 0.571.